The number of halogens is 3. The molecule has 7 heteroatoms. The monoisotopic (exact) mass is 448 g/mol. The second-order valence-electron chi connectivity index (χ2n) is 6.45. The minimum Gasteiger partial charge on any atom is -0.482 e. The quantitative estimate of drug-likeness (QED) is 0.428. The molecule has 0 radical (unpaired) electrons. The van der Waals surface area contributed by atoms with Crippen LogP contribution in [0.3, 0.4) is 0 Å². The van der Waals surface area contributed by atoms with Crippen LogP contribution in [0.25, 0.3) is 0 Å². The van der Waals surface area contributed by atoms with E-state index in [0.29, 0.717) is 33.0 Å². The molecule has 0 aliphatic heterocycles. The summed E-state index contributed by atoms with van der Waals surface area (Å²) in [5.74, 6) is 0.111. The molecule has 0 saturated carbocycles. The van der Waals surface area contributed by atoms with E-state index >= 15 is 0 Å². The average Bonchev–Trinajstić information content (AvgIpc) is 2.69. The van der Waals surface area contributed by atoms with Gasteiger partial charge in [0.05, 0.1) is 15.1 Å². The van der Waals surface area contributed by atoms with Gasteiger partial charge in [-0.2, -0.15) is 0 Å². The number of anilines is 2. The molecule has 0 bridgehead atoms. The molecule has 0 aliphatic rings. The first-order valence-corrected chi connectivity index (χ1v) is 10.0. The van der Waals surface area contributed by atoms with Crippen molar-refractivity contribution in [2.24, 2.45) is 0 Å². The zero-order valence-corrected chi connectivity index (χ0v) is 17.9. The molecule has 150 valence electrons. The fourth-order valence-corrected chi connectivity index (χ4v) is 3.12. The minimum absolute atomic E-state index is 0.180. The van der Waals surface area contributed by atoms with Crippen LogP contribution in [0.2, 0.25) is 15.1 Å². The summed E-state index contributed by atoms with van der Waals surface area (Å²) < 4.78 is 5.53. The molecule has 3 rings (SSSR count). The van der Waals surface area contributed by atoms with Crippen molar-refractivity contribution in [2.75, 3.05) is 17.2 Å². The number of aryl methyl sites for hydroxylation is 1. The Hall–Kier alpha value is -2.40. The van der Waals surface area contributed by atoms with Crippen molar-refractivity contribution < 1.29 is 9.53 Å². The zero-order chi connectivity index (χ0) is 20.8. The van der Waals surface area contributed by atoms with E-state index in [9.17, 15) is 4.79 Å². The minimum atomic E-state index is -0.329. The van der Waals surface area contributed by atoms with Gasteiger partial charge in [-0.05, 0) is 55.0 Å². The van der Waals surface area contributed by atoms with Crippen LogP contribution in [0.15, 0.2) is 60.7 Å². The van der Waals surface area contributed by atoms with Crippen LogP contribution in [-0.2, 0) is 11.3 Å². The SMILES string of the molecule is Cc1ccc(NCc2ccc(OCC(=O)Nc3ccc(Cl)c(Cl)c3)c(Cl)c2)cc1. The van der Waals surface area contributed by atoms with Gasteiger partial charge in [-0.25, -0.2) is 0 Å². The second kappa shape index (κ2) is 9.88. The molecular weight excluding hydrogens is 431 g/mol. The molecular formula is C22H19Cl3N2O2. The predicted octanol–water partition coefficient (Wildman–Crippen LogP) is 6.58. The Labute approximate surface area is 184 Å². The summed E-state index contributed by atoms with van der Waals surface area (Å²) in [6.45, 7) is 2.49. The largest absolute Gasteiger partial charge is 0.482 e. The lowest BCUT2D eigenvalue weighted by Gasteiger charge is -2.11. The van der Waals surface area contributed by atoms with Gasteiger partial charge in [-0.1, -0.05) is 58.6 Å². The van der Waals surface area contributed by atoms with E-state index < -0.39 is 0 Å². The summed E-state index contributed by atoms with van der Waals surface area (Å²) in [5, 5.41) is 7.26. The number of benzene rings is 3. The third-order valence-corrected chi connectivity index (χ3v) is 5.14. The molecule has 3 aromatic carbocycles. The number of carbonyl (C=O) groups excluding carboxylic acids is 1. The number of hydrogen-bond acceptors (Lipinski definition) is 3. The second-order valence-corrected chi connectivity index (χ2v) is 7.67. The lowest BCUT2D eigenvalue weighted by molar-refractivity contribution is -0.118. The Morgan fingerprint density at radius 1 is 0.862 bits per heavy atom. The summed E-state index contributed by atoms with van der Waals surface area (Å²) in [7, 11) is 0. The van der Waals surface area contributed by atoms with Crippen molar-refractivity contribution in [3.8, 4) is 5.75 Å². The van der Waals surface area contributed by atoms with Crippen molar-refractivity contribution in [1.82, 2.24) is 0 Å². The van der Waals surface area contributed by atoms with Crippen LogP contribution in [0.4, 0.5) is 11.4 Å². The third-order valence-electron chi connectivity index (χ3n) is 4.11. The first-order chi connectivity index (χ1) is 13.9. The molecule has 29 heavy (non-hydrogen) atoms. The molecule has 0 saturated heterocycles. The molecule has 3 aromatic rings. The van der Waals surface area contributed by atoms with E-state index in [1.54, 1.807) is 24.3 Å². The Kier molecular flexibility index (Phi) is 7.26. The Morgan fingerprint density at radius 2 is 1.59 bits per heavy atom. The van der Waals surface area contributed by atoms with Gasteiger partial charge in [-0.3, -0.25) is 4.79 Å². The van der Waals surface area contributed by atoms with Crippen molar-refractivity contribution in [1.29, 1.82) is 0 Å². The Bertz CT molecular complexity index is 1010. The number of ether oxygens (including phenoxy) is 1. The number of amides is 1. The zero-order valence-electron chi connectivity index (χ0n) is 15.6. The van der Waals surface area contributed by atoms with Crippen LogP contribution in [0, 0.1) is 6.92 Å². The summed E-state index contributed by atoms with van der Waals surface area (Å²) in [5.41, 5.74) is 3.79. The molecule has 0 aromatic heterocycles. The maximum absolute atomic E-state index is 12.1. The van der Waals surface area contributed by atoms with E-state index in [2.05, 4.69) is 22.8 Å². The van der Waals surface area contributed by atoms with Gasteiger partial charge in [-0.15, -0.1) is 0 Å². The number of nitrogens with one attached hydrogen (secondary N) is 2. The van der Waals surface area contributed by atoms with Crippen LogP contribution in [0.1, 0.15) is 11.1 Å². The standard InChI is InChI=1S/C22H19Cl3N2O2/c1-14-2-5-16(6-3-14)26-12-15-4-9-21(20(25)10-15)29-13-22(28)27-17-7-8-18(23)19(24)11-17/h2-11,26H,12-13H2,1H3,(H,27,28). The maximum Gasteiger partial charge on any atom is 0.262 e. The molecule has 4 nitrogen and oxygen atoms in total. The average molecular weight is 450 g/mol. The molecule has 1 amide bonds. The molecule has 0 fully saturated rings. The van der Waals surface area contributed by atoms with E-state index in [4.69, 9.17) is 39.5 Å². The van der Waals surface area contributed by atoms with Gasteiger partial charge in [0.25, 0.3) is 5.91 Å². The van der Waals surface area contributed by atoms with Gasteiger partial charge in [0.15, 0.2) is 6.61 Å². The van der Waals surface area contributed by atoms with Crippen molar-refractivity contribution >= 4 is 52.1 Å². The molecule has 0 atom stereocenters. The summed E-state index contributed by atoms with van der Waals surface area (Å²) in [4.78, 5) is 12.1. The molecule has 0 heterocycles. The predicted molar refractivity (Wildman–Crippen MR) is 121 cm³/mol. The van der Waals surface area contributed by atoms with E-state index in [-0.39, 0.29) is 12.5 Å². The Morgan fingerprint density at radius 3 is 2.28 bits per heavy atom. The first kappa shape index (κ1) is 21.3. The lowest BCUT2D eigenvalue weighted by atomic mass is 10.2. The summed E-state index contributed by atoms with van der Waals surface area (Å²) in [6.07, 6.45) is 0. The Balaban J connectivity index is 1.52. The third kappa shape index (κ3) is 6.29. The van der Waals surface area contributed by atoms with Crippen LogP contribution in [-0.4, -0.2) is 12.5 Å². The fraction of sp³-hybridized carbons (Fsp3) is 0.136. The fourth-order valence-electron chi connectivity index (χ4n) is 2.56. The van der Waals surface area contributed by atoms with E-state index in [1.807, 2.05) is 31.2 Å². The lowest BCUT2D eigenvalue weighted by Crippen LogP contribution is -2.20. The highest BCUT2D eigenvalue weighted by Gasteiger charge is 2.08. The highest BCUT2D eigenvalue weighted by Crippen LogP contribution is 2.27. The normalized spacial score (nSPS) is 10.5. The molecule has 2 N–H and O–H groups in total. The highest BCUT2D eigenvalue weighted by molar-refractivity contribution is 6.42. The first-order valence-electron chi connectivity index (χ1n) is 8.87. The van der Waals surface area contributed by atoms with E-state index in [0.717, 1.165) is 11.3 Å². The smallest absolute Gasteiger partial charge is 0.262 e. The van der Waals surface area contributed by atoms with Gasteiger partial charge < -0.3 is 15.4 Å². The van der Waals surface area contributed by atoms with Gasteiger partial charge in [0.2, 0.25) is 0 Å². The van der Waals surface area contributed by atoms with Crippen LogP contribution in [0.5, 0.6) is 5.75 Å². The molecule has 0 spiro atoms. The number of carbonyl (C=O) groups is 1. The maximum atomic E-state index is 12.1. The number of rotatable bonds is 7. The summed E-state index contributed by atoms with van der Waals surface area (Å²) in [6, 6.07) is 18.5. The van der Waals surface area contributed by atoms with E-state index in [1.165, 1.54) is 5.56 Å². The molecule has 0 aliphatic carbocycles. The molecule has 0 unspecified atom stereocenters. The van der Waals surface area contributed by atoms with Crippen molar-refractivity contribution in [3.63, 3.8) is 0 Å². The van der Waals surface area contributed by atoms with Gasteiger partial charge in [0, 0.05) is 17.9 Å². The van der Waals surface area contributed by atoms with Gasteiger partial charge >= 0.3 is 0 Å². The van der Waals surface area contributed by atoms with Gasteiger partial charge in [0.1, 0.15) is 5.75 Å². The summed E-state index contributed by atoms with van der Waals surface area (Å²) >= 11 is 18.1. The number of hydrogen-bond donors (Lipinski definition) is 2. The van der Waals surface area contributed by atoms with Crippen molar-refractivity contribution in [2.45, 2.75) is 13.5 Å². The van der Waals surface area contributed by atoms with Crippen LogP contribution >= 0.6 is 34.8 Å². The topological polar surface area (TPSA) is 50.4 Å². The highest BCUT2D eigenvalue weighted by atomic mass is 35.5. The van der Waals surface area contributed by atoms with Crippen molar-refractivity contribution in [3.05, 3.63) is 86.9 Å². The van der Waals surface area contributed by atoms with Crippen LogP contribution < -0.4 is 15.4 Å².